The molecule has 0 fully saturated rings. The third-order valence-electron chi connectivity index (χ3n) is 2.48. The molecule has 1 atom stereocenters. The third kappa shape index (κ3) is 2.54. The summed E-state index contributed by atoms with van der Waals surface area (Å²) in [6.45, 7) is 5.91. The van der Waals surface area contributed by atoms with Crippen LogP contribution in [0.15, 0.2) is 11.1 Å². The van der Waals surface area contributed by atoms with Crippen LogP contribution in [-0.2, 0) is 0 Å². The van der Waals surface area contributed by atoms with Crippen LogP contribution in [0.2, 0.25) is 5.02 Å². The SMILES string of the molecule is Cc1nc(C)c(C(C)Nc2nc[nH]c(=O)c2Cl)s1. The number of anilines is 1. The van der Waals surface area contributed by atoms with Gasteiger partial charge in [0.05, 0.1) is 23.1 Å². The molecule has 0 aromatic carbocycles. The number of rotatable bonds is 3. The van der Waals surface area contributed by atoms with Crippen molar-refractivity contribution in [3.8, 4) is 0 Å². The summed E-state index contributed by atoms with van der Waals surface area (Å²) in [5.41, 5.74) is 0.636. The van der Waals surface area contributed by atoms with Gasteiger partial charge < -0.3 is 10.3 Å². The van der Waals surface area contributed by atoms with Gasteiger partial charge in [0.15, 0.2) is 5.82 Å². The molecule has 0 saturated heterocycles. The van der Waals surface area contributed by atoms with Gasteiger partial charge in [-0.1, -0.05) is 11.6 Å². The molecule has 2 aromatic heterocycles. The first kappa shape index (κ1) is 13.0. The Bertz CT molecular complexity index is 622. The lowest BCUT2D eigenvalue weighted by molar-refractivity contribution is 0.875. The molecule has 0 aliphatic heterocycles. The first-order valence-corrected chi connectivity index (χ1v) is 6.62. The number of nitrogens with zero attached hydrogens (tertiary/aromatic N) is 2. The zero-order valence-electron chi connectivity index (χ0n) is 10.2. The molecule has 18 heavy (non-hydrogen) atoms. The number of thiazole rings is 1. The molecule has 0 bridgehead atoms. The lowest BCUT2D eigenvalue weighted by Gasteiger charge is -2.13. The topological polar surface area (TPSA) is 70.7 Å². The van der Waals surface area contributed by atoms with Gasteiger partial charge in [-0.25, -0.2) is 9.97 Å². The lowest BCUT2D eigenvalue weighted by Crippen LogP contribution is -2.14. The van der Waals surface area contributed by atoms with Gasteiger partial charge in [0.25, 0.3) is 5.56 Å². The molecular weight excluding hydrogens is 272 g/mol. The van der Waals surface area contributed by atoms with Gasteiger partial charge in [0, 0.05) is 4.88 Å². The molecular formula is C11H13ClN4OS. The number of halogens is 1. The highest BCUT2D eigenvalue weighted by atomic mass is 35.5. The zero-order chi connectivity index (χ0) is 13.3. The highest BCUT2D eigenvalue weighted by Crippen LogP contribution is 2.28. The highest BCUT2D eigenvalue weighted by molar-refractivity contribution is 7.11. The number of aromatic nitrogens is 3. The Kier molecular flexibility index (Phi) is 3.68. The Morgan fingerprint density at radius 2 is 2.22 bits per heavy atom. The molecule has 7 heteroatoms. The average Bonchev–Trinajstić information content (AvgIpc) is 2.64. The molecule has 0 spiro atoms. The normalized spacial score (nSPS) is 12.4. The molecule has 2 N–H and O–H groups in total. The smallest absolute Gasteiger partial charge is 0.271 e. The molecule has 2 aromatic rings. The van der Waals surface area contributed by atoms with Gasteiger partial charge in [-0.05, 0) is 20.8 Å². The Labute approximate surface area is 113 Å². The van der Waals surface area contributed by atoms with Crippen LogP contribution in [0, 0.1) is 13.8 Å². The van der Waals surface area contributed by atoms with Crippen molar-refractivity contribution in [2.24, 2.45) is 0 Å². The van der Waals surface area contributed by atoms with E-state index in [1.165, 1.54) is 6.33 Å². The van der Waals surface area contributed by atoms with E-state index < -0.39 is 0 Å². The molecule has 0 radical (unpaired) electrons. The van der Waals surface area contributed by atoms with Crippen LogP contribution >= 0.6 is 22.9 Å². The third-order valence-corrected chi connectivity index (χ3v) is 4.09. The van der Waals surface area contributed by atoms with Crippen LogP contribution in [0.4, 0.5) is 5.82 Å². The molecule has 2 rings (SSSR count). The molecule has 2 heterocycles. The fourth-order valence-corrected chi connectivity index (χ4v) is 2.79. The fourth-order valence-electron chi connectivity index (χ4n) is 1.70. The Hall–Kier alpha value is -1.40. The molecule has 0 amide bonds. The van der Waals surface area contributed by atoms with Crippen molar-refractivity contribution in [3.05, 3.63) is 37.3 Å². The quantitative estimate of drug-likeness (QED) is 0.909. The van der Waals surface area contributed by atoms with E-state index in [1.54, 1.807) is 11.3 Å². The summed E-state index contributed by atoms with van der Waals surface area (Å²) in [4.78, 5) is 23.3. The number of aromatic amines is 1. The van der Waals surface area contributed by atoms with Crippen molar-refractivity contribution in [2.45, 2.75) is 26.8 Å². The van der Waals surface area contributed by atoms with Crippen LogP contribution in [0.3, 0.4) is 0 Å². The van der Waals surface area contributed by atoms with Crippen molar-refractivity contribution < 1.29 is 0 Å². The zero-order valence-corrected chi connectivity index (χ0v) is 11.8. The largest absolute Gasteiger partial charge is 0.361 e. The van der Waals surface area contributed by atoms with E-state index in [1.807, 2.05) is 20.8 Å². The first-order valence-electron chi connectivity index (χ1n) is 5.42. The Balaban J connectivity index is 2.26. The predicted octanol–water partition coefficient (Wildman–Crippen LogP) is 2.67. The van der Waals surface area contributed by atoms with Gasteiger partial charge in [0.2, 0.25) is 0 Å². The Morgan fingerprint density at radius 1 is 1.50 bits per heavy atom. The molecule has 0 aliphatic carbocycles. The van der Waals surface area contributed by atoms with Crippen LogP contribution in [0.25, 0.3) is 0 Å². The van der Waals surface area contributed by atoms with Crippen LogP contribution in [0.5, 0.6) is 0 Å². The maximum Gasteiger partial charge on any atom is 0.271 e. The van der Waals surface area contributed by atoms with E-state index in [-0.39, 0.29) is 16.6 Å². The van der Waals surface area contributed by atoms with E-state index in [2.05, 4.69) is 20.3 Å². The van der Waals surface area contributed by atoms with Crippen LogP contribution in [-0.4, -0.2) is 15.0 Å². The molecule has 5 nitrogen and oxygen atoms in total. The fraction of sp³-hybridized carbons (Fsp3) is 0.364. The monoisotopic (exact) mass is 284 g/mol. The van der Waals surface area contributed by atoms with Crippen molar-refractivity contribution in [1.29, 1.82) is 0 Å². The van der Waals surface area contributed by atoms with Crippen LogP contribution in [0.1, 0.15) is 28.5 Å². The summed E-state index contributed by atoms with van der Waals surface area (Å²) < 4.78 is 0. The predicted molar refractivity (Wildman–Crippen MR) is 73.5 cm³/mol. The maximum atomic E-state index is 11.4. The van der Waals surface area contributed by atoms with Gasteiger partial charge in [-0.2, -0.15) is 0 Å². The lowest BCUT2D eigenvalue weighted by atomic mass is 10.2. The van der Waals surface area contributed by atoms with Gasteiger partial charge in [-0.3, -0.25) is 4.79 Å². The van der Waals surface area contributed by atoms with Crippen molar-refractivity contribution >= 4 is 28.8 Å². The summed E-state index contributed by atoms with van der Waals surface area (Å²) >= 11 is 7.51. The van der Waals surface area contributed by atoms with Crippen molar-refractivity contribution in [3.63, 3.8) is 0 Å². The van der Waals surface area contributed by atoms with E-state index in [0.717, 1.165) is 15.6 Å². The molecule has 96 valence electrons. The van der Waals surface area contributed by atoms with Gasteiger partial charge in [0.1, 0.15) is 5.02 Å². The van der Waals surface area contributed by atoms with E-state index >= 15 is 0 Å². The minimum atomic E-state index is -0.349. The maximum absolute atomic E-state index is 11.4. The minimum Gasteiger partial charge on any atom is -0.361 e. The van der Waals surface area contributed by atoms with Gasteiger partial charge >= 0.3 is 0 Å². The molecule has 0 aliphatic rings. The van der Waals surface area contributed by atoms with Crippen LogP contribution < -0.4 is 10.9 Å². The minimum absolute atomic E-state index is 0.00278. The summed E-state index contributed by atoms with van der Waals surface area (Å²) in [5.74, 6) is 0.387. The van der Waals surface area contributed by atoms with Crippen molar-refractivity contribution in [2.75, 3.05) is 5.32 Å². The van der Waals surface area contributed by atoms with Crippen molar-refractivity contribution in [1.82, 2.24) is 15.0 Å². The molecule has 0 saturated carbocycles. The number of H-pyrrole nitrogens is 1. The number of hydrogen-bond acceptors (Lipinski definition) is 5. The van der Waals surface area contributed by atoms with E-state index in [4.69, 9.17) is 11.6 Å². The first-order chi connectivity index (χ1) is 8.49. The molecule has 1 unspecified atom stereocenters. The number of hydrogen-bond donors (Lipinski definition) is 2. The summed E-state index contributed by atoms with van der Waals surface area (Å²) in [7, 11) is 0. The number of aryl methyl sites for hydroxylation is 2. The van der Waals surface area contributed by atoms with E-state index in [0.29, 0.717) is 5.82 Å². The highest BCUT2D eigenvalue weighted by Gasteiger charge is 2.15. The second-order valence-corrected chi connectivity index (χ2v) is 5.56. The summed E-state index contributed by atoms with van der Waals surface area (Å²) in [5, 5.41) is 4.22. The standard InChI is InChI=1S/C11H13ClN4OS/c1-5-9(18-7(3)15-5)6(2)16-10-8(12)11(17)14-4-13-10/h4,6H,1-3H3,(H2,13,14,16,17). The second kappa shape index (κ2) is 5.07. The van der Waals surface area contributed by atoms with Gasteiger partial charge in [-0.15, -0.1) is 11.3 Å². The summed E-state index contributed by atoms with van der Waals surface area (Å²) in [6, 6.07) is 0.00278. The van der Waals surface area contributed by atoms with E-state index in [9.17, 15) is 4.79 Å². The summed E-state index contributed by atoms with van der Waals surface area (Å²) in [6.07, 6.45) is 1.33. The average molecular weight is 285 g/mol. The Morgan fingerprint density at radius 3 is 2.83 bits per heavy atom. The number of nitrogens with one attached hydrogen (secondary N) is 2. The second-order valence-electron chi connectivity index (χ2n) is 3.94.